The van der Waals surface area contributed by atoms with E-state index in [4.69, 9.17) is 9.47 Å². The molecule has 4 atom stereocenters. The maximum absolute atomic E-state index is 12.9. The van der Waals surface area contributed by atoms with E-state index in [2.05, 4.69) is 9.97 Å². The summed E-state index contributed by atoms with van der Waals surface area (Å²) < 4.78 is 11.1. The van der Waals surface area contributed by atoms with Crippen LogP contribution in [0.3, 0.4) is 0 Å². The molecule has 0 aliphatic carbocycles. The summed E-state index contributed by atoms with van der Waals surface area (Å²) in [6.45, 7) is 2.39. The van der Waals surface area contributed by atoms with E-state index < -0.39 is 36.9 Å². The van der Waals surface area contributed by atoms with E-state index >= 15 is 0 Å². The highest BCUT2D eigenvalue weighted by atomic mass is 16.5. The Morgan fingerprint density at radius 3 is 2.69 bits per heavy atom. The van der Waals surface area contributed by atoms with E-state index in [1.54, 1.807) is 6.92 Å². The highest BCUT2D eigenvalue weighted by Crippen LogP contribution is 2.14. The molecule has 2 heterocycles. The Morgan fingerprint density at radius 2 is 1.97 bits per heavy atom. The average Bonchev–Trinajstić information content (AvgIpc) is 2.72. The number of aliphatic hydroxyl groups is 4. The van der Waals surface area contributed by atoms with Gasteiger partial charge in [0.05, 0.1) is 18.5 Å². The van der Waals surface area contributed by atoms with Gasteiger partial charge in [0.25, 0.3) is 5.91 Å². The number of β-amino-alcohol motifs (C(OH)–C–C–N with tert-alkyl or cyclic N) is 1. The number of aliphatic hydroxyl groups excluding tert-OH is 4. The molecule has 0 unspecified atom stereocenters. The molecule has 1 fully saturated rings. The molecule has 1 aromatic rings. The quantitative estimate of drug-likeness (QED) is 0.484. The molecule has 29 heavy (non-hydrogen) atoms. The van der Waals surface area contributed by atoms with Crippen LogP contribution in [0.25, 0.3) is 0 Å². The summed E-state index contributed by atoms with van der Waals surface area (Å²) in [5, 5.41) is 40.3. The highest BCUT2D eigenvalue weighted by molar-refractivity contribution is 5.92. The van der Waals surface area contributed by atoms with Gasteiger partial charge in [0.2, 0.25) is 0 Å². The summed E-state index contributed by atoms with van der Waals surface area (Å²) in [7, 11) is 0. The number of ether oxygens (including phenoxy) is 2. The number of hydrogen-bond donors (Lipinski definition) is 4. The first kappa shape index (κ1) is 23.6. The molecule has 1 aromatic heterocycles. The maximum Gasteiger partial charge on any atom is 0.274 e. The minimum Gasteiger partial charge on any atom is -0.394 e. The number of amides is 1. The van der Waals surface area contributed by atoms with E-state index in [0.29, 0.717) is 31.7 Å². The van der Waals surface area contributed by atoms with Crippen molar-refractivity contribution < 1.29 is 34.7 Å². The summed E-state index contributed by atoms with van der Waals surface area (Å²) in [5.74, 6) is -0.431. The molecular weight excluding hydrogens is 382 g/mol. The van der Waals surface area contributed by atoms with Gasteiger partial charge in [-0.2, -0.15) is 0 Å². The zero-order chi connectivity index (χ0) is 21.2. The molecule has 0 aromatic carbocycles. The number of hydrogen-bond acceptors (Lipinski definition) is 9. The number of aryl methyl sites for hydroxylation is 1. The summed E-state index contributed by atoms with van der Waals surface area (Å²) >= 11 is 0. The predicted octanol–water partition coefficient (Wildman–Crippen LogP) is -1.11. The molecular formula is C19H31N3O7. The second-order valence-electron chi connectivity index (χ2n) is 7.11. The Hall–Kier alpha value is -1.69. The lowest BCUT2D eigenvalue weighted by atomic mass is 10.0. The van der Waals surface area contributed by atoms with Crippen LogP contribution in [0.4, 0.5) is 0 Å². The molecule has 1 aliphatic rings. The normalized spacial score (nSPS) is 26.5. The minimum atomic E-state index is -1.49. The van der Waals surface area contributed by atoms with Gasteiger partial charge in [-0.1, -0.05) is 0 Å². The zero-order valence-electron chi connectivity index (χ0n) is 16.7. The molecule has 1 amide bonds. The van der Waals surface area contributed by atoms with Crippen LogP contribution in [0.5, 0.6) is 0 Å². The number of carbonyl (C=O) groups is 1. The van der Waals surface area contributed by atoms with Crippen molar-refractivity contribution in [1.82, 2.24) is 14.9 Å². The van der Waals surface area contributed by atoms with Crippen LogP contribution in [0.1, 0.15) is 35.4 Å². The molecule has 0 saturated carbocycles. The zero-order valence-corrected chi connectivity index (χ0v) is 16.7. The van der Waals surface area contributed by atoms with Crippen molar-refractivity contribution in [2.45, 2.75) is 50.6 Å². The van der Waals surface area contributed by atoms with Crippen LogP contribution in [0.15, 0.2) is 12.4 Å². The lowest BCUT2D eigenvalue weighted by molar-refractivity contribution is -0.145. The Balaban J connectivity index is 2.18. The Bertz CT molecular complexity index is 634. The number of aromatic nitrogens is 2. The Kier molecular flexibility index (Phi) is 9.85. The van der Waals surface area contributed by atoms with E-state index in [9.17, 15) is 25.2 Å². The van der Waals surface area contributed by atoms with Crippen molar-refractivity contribution >= 4 is 5.91 Å². The van der Waals surface area contributed by atoms with Crippen molar-refractivity contribution in [1.29, 1.82) is 0 Å². The van der Waals surface area contributed by atoms with Gasteiger partial charge >= 0.3 is 0 Å². The van der Waals surface area contributed by atoms with E-state index in [1.807, 2.05) is 0 Å². The number of rotatable bonds is 3. The standard InChI is InChI=1S/C19H31N3O7/c1-13-9-20-10-14(21-13)19(27)22-5-4-7-28-6-2-3-8-29-18(16(25)12-23)17(26)15(24)11-22/h9-10,15-18,23-26H,2-8,11-12H2,1H3/t15-,16-,17-,18-/m1/s1. The van der Waals surface area contributed by atoms with E-state index in [1.165, 1.54) is 17.3 Å². The van der Waals surface area contributed by atoms with Gasteiger partial charge in [0.15, 0.2) is 0 Å². The summed E-state index contributed by atoms with van der Waals surface area (Å²) in [6, 6.07) is 0. The van der Waals surface area contributed by atoms with Gasteiger partial charge in [0.1, 0.15) is 30.1 Å². The van der Waals surface area contributed by atoms with Gasteiger partial charge in [-0.3, -0.25) is 9.78 Å². The van der Waals surface area contributed by atoms with Crippen molar-refractivity contribution in [3.63, 3.8) is 0 Å². The third-order valence-electron chi connectivity index (χ3n) is 4.68. The molecule has 0 spiro atoms. The number of carbonyl (C=O) groups excluding carboxylic acids is 1. The molecule has 1 aliphatic heterocycles. The first-order valence-corrected chi connectivity index (χ1v) is 9.86. The molecule has 10 nitrogen and oxygen atoms in total. The monoisotopic (exact) mass is 413 g/mol. The van der Waals surface area contributed by atoms with Crippen molar-refractivity contribution in [2.24, 2.45) is 0 Å². The van der Waals surface area contributed by atoms with Crippen LogP contribution >= 0.6 is 0 Å². The van der Waals surface area contributed by atoms with Crippen molar-refractivity contribution in [2.75, 3.05) is 39.5 Å². The van der Waals surface area contributed by atoms with Gasteiger partial charge in [-0.05, 0) is 26.2 Å². The summed E-state index contributed by atoms with van der Waals surface area (Å²) in [5.41, 5.74) is 0.721. The Labute approximate surface area is 170 Å². The van der Waals surface area contributed by atoms with Crippen LogP contribution in [0.2, 0.25) is 0 Å². The highest BCUT2D eigenvalue weighted by Gasteiger charge is 2.34. The van der Waals surface area contributed by atoms with Gasteiger partial charge in [-0.15, -0.1) is 0 Å². The van der Waals surface area contributed by atoms with Crippen molar-refractivity contribution in [3.8, 4) is 0 Å². The molecule has 4 N–H and O–H groups in total. The van der Waals surface area contributed by atoms with Gasteiger partial charge in [-0.25, -0.2) is 4.98 Å². The third-order valence-corrected chi connectivity index (χ3v) is 4.68. The smallest absolute Gasteiger partial charge is 0.274 e. The first-order valence-electron chi connectivity index (χ1n) is 9.86. The fraction of sp³-hybridized carbons (Fsp3) is 0.737. The van der Waals surface area contributed by atoms with Crippen LogP contribution in [-0.2, 0) is 9.47 Å². The summed E-state index contributed by atoms with van der Waals surface area (Å²) in [4.78, 5) is 22.4. The average molecular weight is 413 g/mol. The molecule has 0 radical (unpaired) electrons. The first-order chi connectivity index (χ1) is 13.9. The largest absolute Gasteiger partial charge is 0.394 e. The van der Waals surface area contributed by atoms with Crippen molar-refractivity contribution in [3.05, 3.63) is 23.8 Å². The Morgan fingerprint density at radius 1 is 1.24 bits per heavy atom. The fourth-order valence-electron chi connectivity index (χ4n) is 3.08. The molecule has 1 saturated heterocycles. The van der Waals surface area contributed by atoms with E-state index in [0.717, 1.165) is 6.42 Å². The molecule has 10 heteroatoms. The summed E-state index contributed by atoms with van der Waals surface area (Å²) in [6.07, 6.45) is -0.637. The molecule has 2 rings (SSSR count). The lowest BCUT2D eigenvalue weighted by Crippen LogP contribution is -2.52. The molecule has 0 bridgehead atoms. The molecule has 164 valence electrons. The topological polar surface area (TPSA) is 145 Å². The second kappa shape index (κ2) is 12.1. The van der Waals surface area contributed by atoms with E-state index in [-0.39, 0.29) is 25.4 Å². The lowest BCUT2D eigenvalue weighted by Gasteiger charge is -2.33. The fourth-order valence-corrected chi connectivity index (χ4v) is 3.08. The number of nitrogens with zero attached hydrogens (tertiary/aromatic N) is 3. The van der Waals surface area contributed by atoms with Gasteiger partial charge < -0.3 is 34.8 Å². The van der Waals surface area contributed by atoms with Crippen LogP contribution in [0, 0.1) is 6.92 Å². The minimum absolute atomic E-state index is 0.136. The second-order valence-corrected chi connectivity index (χ2v) is 7.11. The SMILES string of the molecule is Cc1cncc(C(=O)N2CCCOCCCCO[C@H]([C@H](O)CO)[C@H](O)[C@H](O)C2)n1. The maximum atomic E-state index is 12.9. The van der Waals surface area contributed by atoms with Crippen LogP contribution < -0.4 is 0 Å². The van der Waals surface area contributed by atoms with Crippen LogP contribution in [-0.4, -0.2) is 105 Å². The third kappa shape index (κ3) is 7.25. The predicted molar refractivity (Wildman–Crippen MR) is 102 cm³/mol. The van der Waals surface area contributed by atoms with Gasteiger partial charge in [0, 0.05) is 39.1 Å².